The number of pyridine rings is 1. The Morgan fingerprint density at radius 3 is 2.95 bits per heavy atom. The van der Waals surface area contributed by atoms with Crippen LogP contribution in [-0.2, 0) is 16.8 Å². The number of furan rings is 1. The average Bonchev–Trinajstić information content (AvgIpc) is 3.00. The molecule has 3 heterocycles. The second-order valence-electron chi connectivity index (χ2n) is 5.66. The number of ether oxygens (including phenoxy) is 1. The molecule has 2 aromatic heterocycles. The van der Waals surface area contributed by atoms with E-state index < -0.39 is 5.60 Å². The van der Waals surface area contributed by atoms with Gasteiger partial charge in [0.2, 0.25) is 0 Å². The van der Waals surface area contributed by atoms with E-state index in [1.54, 1.807) is 24.9 Å². The number of carbonyl (C=O) groups is 1. The van der Waals surface area contributed by atoms with Crippen LogP contribution in [0.2, 0.25) is 0 Å². The Bertz CT molecular complexity index is 637. The van der Waals surface area contributed by atoms with Crippen LogP contribution < -0.4 is 0 Å². The van der Waals surface area contributed by atoms with Crippen molar-refractivity contribution in [1.29, 1.82) is 0 Å². The van der Waals surface area contributed by atoms with Crippen molar-refractivity contribution in [2.75, 3.05) is 20.6 Å². The predicted molar refractivity (Wildman–Crippen MR) is 76.9 cm³/mol. The molecule has 0 bridgehead atoms. The summed E-state index contributed by atoms with van der Waals surface area (Å²) in [5, 5.41) is 0. The highest BCUT2D eigenvalue weighted by Gasteiger charge is 2.42. The normalized spacial score (nSPS) is 21.2. The number of fused-ring (bicyclic) bond motifs is 1. The summed E-state index contributed by atoms with van der Waals surface area (Å²) in [6, 6.07) is 3.76. The van der Waals surface area contributed by atoms with Crippen molar-refractivity contribution in [3.8, 4) is 0 Å². The molecule has 110 valence electrons. The van der Waals surface area contributed by atoms with Crippen LogP contribution >= 0.6 is 0 Å². The molecule has 0 saturated carbocycles. The molecule has 0 N–H and O–H groups in total. The minimum Gasteiger partial charge on any atom is -0.472 e. The zero-order chi connectivity index (χ0) is 14.9. The molecule has 0 fully saturated rings. The maximum absolute atomic E-state index is 12.3. The third-order valence-corrected chi connectivity index (χ3v) is 3.91. The Labute approximate surface area is 123 Å². The van der Waals surface area contributed by atoms with E-state index in [1.807, 2.05) is 26.2 Å². The number of esters is 1. The molecule has 0 spiro atoms. The molecule has 1 aliphatic heterocycles. The molecule has 5 heteroatoms. The first-order valence-corrected chi connectivity index (χ1v) is 6.94. The first-order chi connectivity index (χ1) is 10.1. The molecule has 21 heavy (non-hydrogen) atoms. The fourth-order valence-electron chi connectivity index (χ4n) is 2.71. The van der Waals surface area contributed by atoms with Gasteiger partial charge in [-0.25, -0.2) is 4.79 Å². The molecule has 0 aromatic carbocycles. The van der Waals surface area contributed by atoms with Gasteiger partial charge in [0, 0.05) is 37.3 Å². The second-order valence-corrected chi connectivity index (χ2v) is 5.66. The molecule has 1 unspecified atom stereocenters. The number of rotatable bonds is 4. The Morgan fingerprint density at radius 2 is 2.24 bits per heavy atom. The Balaban J connectivity index is 2.00. The van der Waals surface area contributed by atoms with Gasteiger partial charge in [-0.2, -0.15) is 0 Å². The fourth-order valence-corrected chi connectivity index (χ4v) is 2.71. The molecular formula is C16H18N2O3. The van der Waals surface area contributed by atoms with Crippen LogP contribution in [-0.4, -0.2) is 36.5 Å². The highest BCUT2D eigenvalue weighted by molar-refractivity contribution is 5.92. The summed E-state index contributed by atoms with van der Waals surface area (Å²) < 4.78 is 11.0. The summed E-state index contributed by atoms with van der Waals surface area (Å²) in [5.41, 5.74) is 1.77. The quantitative estimate of drug-likeness (QED) is 0.807. The highest BCUT2D eigenvalue weighted by Crippen LogP contribution is 2.39. The lowest BCUT2D eigenvalue weighted by Gasteiger charge is -2.37. The fraction of sp³-hybridized carbons (Fsp3) is 0.375. The van der Waals surface area contributed by atoms with Crippen LogP contribution in [0.1, 0.15) is 27.9 Å². The van der Waals surface area contributed by atoms with Gasteiger partial charge in [0.1, 0.15) is 5.60 Å². The number of aromatic nitrogens is 1. The minimum atomic E-state index is -0.664. The summed E-state index contributed by atoms with van der Waals surface area (Å²) in [7, 11) is 4.01. The Kier molecular flexibility index (Phi) is 3.51. The van der Waals surface area contributed by atoms with Crippen LogP contribution in [0.4, 0.5) is 0 Å². The van der Waals surface area contributed by atoms with Crippen LogP contribution in [0.5, 0.6) is 0 Å². The summed E-state index contributed by atoms with van der Waals surface area (Å²) in [5.74, 6) is -0.315. The van der Waals surface area contributed by atoms with E-state index in [1.165, 1.54) is 0 Å². The van der Waals surface area contributed by atoms with Crippen LogP contribution in [0.3, 0.4) is 0 Å². The van der Waals surface area contributed by atoms with Crippen LogP contribution in [0.15, 0.2) is 41.5 Å². The highest BCUT2D eigenvalue weighted by atomic mass is 16.6. The largest absolute Gasteiger partial charge is 0.472 e. The average molecular weight is 286 g/mol. The topological polar surface area (TPSA) is 55.6 Å². The van der Waals surface area contributed by atoms with E-state index in [4.69, 9.17) is 9.15 Å². The number of hydrogen-bond acceptors (Lipinski definition) is 5. The third kappa shape index (κ3) is 2.56. The Hall–Kier alpha value is -2.14. The zero-order valence-electron chi connectivity index (χ0n) is 12.2. The van der Waals surface area contributed by atoms with Gasteiger partial charge in [0.15, 0.2) is 0 Å². The van der Waals surface area contributed by atoms with Crippen molar-refractivity contribution in [3.63, 3.8) is 0 Å². The van der Waals surface area contributed by atoms with Crippen molar-refractivity contribution >= 4 is 5.97 Å². The number of cyclic esters (lactones) is 1. The molecule has 0 radical (unpaired) electrons. The Morgan fingerprint density at radius 1 is 1.38 bits per heavy atom. The molecule has 1 aliphatic rings. The van der Waals surface area contributed by atoms with Gasteiger partial charge in [-0.05, 0) is 31.8 Å². The molecular weight excluding hydrogens is 268 g/mol. The molecule has 0 amide bonds. The van der Waals surface area contributed by atoms with E-state index in [0.717, 1.165) is 17.7 Å². The van der Waals surface area contributed by atoms with E-state index in [9.17, 15) is 4.79 Å². The van der Waals surface area contributed by atoms with Crippen molar-refractivity contribution in [2.45, 2.75) is 18.4 Å². The summed E-state index contributed by atoms with van der Waals surface area (Å²) >= 11 is 0. The zero-order valence-corrected chi connectivity index (χ0v) is 12.2. The maximum atomic E-state index is 12.3. The number of carbonyl (C=O) groups excluding carboxylic acids is 1. The van der Waals surface area contributed by atoms with Crippen molar-refractivity contribution < 1.29 is 13.9 Å². The third-order valence-electron chi connectivity index (χ3n) is 3.91. The first-order valence-electron chi connectivity index (χ1n) is 6.94. The lowest BCUT2D eigenvalue weighted by molar-refractivity contribution is -0.0358. The van der Waals surface area contributed by atoms with Crippen molar-refractivity contribution in [3.05, 3.63) is 53.7 Å². The minimum absolute atomic E-state index is 0.315. The molecule has 2 aromatic rings. The van der Waals surface area contributed by atoms with Gasteiger partial charge in [-0.15, -0.1) is 0 Å². The van der Waals surface area contributed by atoms with Crippen LogP contribution in [0.25, 0.3) is 0 Å². The van der Waals surface area contributed by atoms with Gasteiger partial charge < -0.3 is 14.1 Å². The van der Waals surface area contributed by atoms with Crippen molar-refractivity contribution in [1.82, 2.24) is 9.88 Å². The summed E-state index contributed by atoms with van der Waals surface area (Å²) in [6.07, 6.45) is 7.92. The van der Waals surface area contributed by atoms with E-state index >= 15 is 0 Å². The molecule has 5 nitrogen and oxygen atoms in total. The molecule has 1 atom stereocenters. The first kappa shape index (κ1) is 13.8. The van der Waals surface area contributed by atoms with Gasteiger partial charge in [0.05, 0.1) is 18.1 Å². The van der Waals surface area contributed by atoms with Gasteiger partial charge in [0.25, 0.3) is 0 Å². The SMILES string of the molecule is CN(C)CCC1(c2ccoc2)Cc2ccncc2C(=O)O1. The summed E-state index contributed by atoms with van der Waals surface area (Å²) in [6.45, 7) is 0.818. The maximum Gasteiger partial charge on any atom is 0.340 e. The molecule has 0 aliphatic carbocycles. The summed E-state index contributed by atoms with van der Waals surface area (Å²) in [4.78, 5) is 18.4. The number of hydrogen-bond donors (Lipinski definition) is 0. The second kappa shape index (κ2) is 5.33. The van der Waals surface area contributed by atoms with Gasteiger partial charge >= 0.3 is 5.97 Å². The van der Waals surface area contributed by atoms with E-state index in [0.29, 0.717) is 18.4 Å². The van der Waals surface area contributed by atoms with Crippen LogP contribution in [0, 0.1) is 0 Å². The lowest BCUT2D eigenvalue weighted by atomic mass is 9.82. The van der Waals surface area contributed by atoms with E-state index in [-0.39, 0.29) is 5.97 Å². The van der Waals surface area contributed by atoms with Gasteiger partial charge in [-0.3, -0.25) is 4.98 Å². The van der Waals surface area contributed by atoms with E-state index in [2.05, 4.69) is 9.88 Å². The molecule has 3 rings (SSSR count). The standard InChI is InChI=1S/C16H18N2O3/c1-18(2)7-5-16(13-4-8-20-11-13)9-12-3-6-17-10-14(12)15(19)21-16/h3-4,6,8,10-11H,5,7,9H2,1-2H3. The number of nitrogens with zero attached hydrogens (tertiary/aromatic N) is 2. The lowest BCUT2D eigenvalue weighted by Crippen LogP contribution is -2.41. The monoisotopic (exact) mass is 286 g/mol. The smallest absolute Gasteiger partial charge is 0.340 e. The van der Waals surface area contributed by atoms with Crippen molar-refractivity contribution in [2.24, 2.45) is 0 Å². The predicted octanol–water partition coefficient (Wildman–Crippen LogP) is 2.23. The molecule has 0 saturated heterocycles. The van der Waals surface area contributed by atoms with Gasteiger partial charge in [-0.1, -0.05) is 0 Å².